The molecule has 1 spiro atoms. The lowest BCUT2D eigenvalue weighted by Crippen LogP contribution is -2.62. The predicted octanol–water partition coefficient (Wildman–Crippen LogP) is 5.80. The summed E-state index contributed by atoms with van der Waals surface area (Å²) >= 11 is 5.95. The molecule has 1 N–H and O–H groups in total. The van der Waals surface area contributed by atoms with E-state index in [1.807, 2.05) is 36.4 Å². The van der Waals surface area contributed by atoms with Crippen molar-refractivity contribution in [2.45, 2.75) is 19.4 Å². The molecule has 2 saturated heterocycles. The lowest BCUT2D eigenvalue weighted by molar-refractivity contribution is -0.0200. The molecular weight excluding hydrogens is 455 g/mol. The number of benzene rings is 2. The SMILES string of the molecule is O=C(Nc1cccnc1F)N1CC2(CCN(Cc3cccc(Oc4ccc(Cl)cc4)c3)CC2)C1. The van der Waals surface area contributed by atoms with E-state index in [0.29, 0.717) is 18.1 Å². The van der Waals surface area contributed by atoms with Gasteiger partial charge in [0.25, 0.3) is 0 Å². The number of rotatable bonds is 5. The predicted molar refractivity (Wildman–Crippen MR) is 130 cm³/mol. The Morgan fingerprint density at radius 1 is 1.06 bits per heavy atom. The molecule has 176 valence electrons. The van der Waals surface area contributed by atoms with Crippen LogP contribution in [0.3, 0.4) is 0 Å². The van der Waals surface area contributed by atoms with Crippen molar-refractivity contribution in [3.05, 3.63) is 83.4 Å². The van der Waals surface area contributed by atoms with E-state index in [9.17, 15) is 9.18 Å². The molecule has 2 fully saturated rings. The van der Waals surface area contributed by atoms with Gasteiger partial charge in [-0.15, -0.1) is 0 Å². The molecule has 0 atom stereocenters. The molecule has 0 bridgehead atoms. The topological polar surface area (TPSA) is 57.7 Å². The zero-order chi connectivity index (χ0) is 23.5. The molecule has 0 aliphatic carbocycles. The average molecular weight is 481 g/mol. The van der Waals surface area contributed by atoms with Crippen LogP contribution in [-0.4, -0.2) is 47.0 Å². The second-order valence-corrected chi connectivity index (χ2v) is 9.54. The van der Waals surface area contributed by atoms with Gasteiger partial charge in [0.2, 0.25) is 5.95 Å². The van der Waals surface area contributed by atoms with E-state index in [4.69, 9.17) is 16.3 Å². The van der Waals surface area contributed by atoms with Gasteiger partial charge in [0.05, 0.1) is 5.69 Å². The second kappa shape index (κ2) is 9.60. The Kier molecular flexibility index (Phi) is 6.39. The highest BCUT2D eigenvalue weighted by molar-refractivity contribution is 6.30. The third kappa shape index (κ3) is 5.16. The van der Waals surface area contributed by atoms with Crippen LogP contribution in [0.4, 0.5) is 14.9 Å². The van der Waals surface area contributed by atoms with Crippen molar-refractivity contribution in [1.82, 2.24) is 14.8 Å². The Morgan fingerprint density at radius 2 is 1.82 bits per heavy atom. The van der Waals surface area contributed by atoms with Crippen LogP contribution in [-0.2, 0) is 6.54 Å². The number of nitrogens with one attached hydrogen (secondary N) is 1. The van der Waals surface area contributed by atoms with Crippen LogP contribution in [0.15, 0.2) is 66.9 Å². The smallest absolute Gasteiger partial charge is 0.322 e. The Labute approximate surface area is 203 Å². The molecule has 1 aromatic heterocycles. The summed E-state index contributed by atoms with van der Waals surface area (Å²) < 4.78 is 19.7. The van der Waals surface area contributed by atoms with Crippen LogP contribution in [0.25, 0.3) is 0 Å². The summed E-state index contributed by atoms with van der Waals surface area (Å²) in [6, 6.07) is 18.3. The zero-order valence-corrected chi connectivity index (χ0v) is 19.5. The summed E-state index contributed by atoms with van der Waals surface area (Å²) in [4.78, 5) is 20.2. The van der Waals surface area contributed by atoms with Gasteiger partial charge in [-0.1, -0.05) is 23.7 Å². The van der Waals surface area contributed by atoms with Crippen LogP contribution in [0.1, 0.15) is 18.4 Å². The minimum absolute atomic E-state index is 0.116. The Hall–Kier alpha value is -3.16. The number of piperidine rings is 1. The van der Waals surface area contributed by atoms with Gasteiger partial charge >= 0.3 is 6.03 Å². The highest BCUT2D eigenvalue weighted by Crippen LogP contribution is 2.41. The van der Waals surface area contributed by atoms with Gasteiger partial charge in [-0.3, -0.25) is 4.90 Å². The number of halogens is 2. The minimum atomic E-state index is -0.665. The first-order valence-corrected chi connectivity index (χ1v) is 11.8. The first-order chi connectivity index (χ1) is 16.5. The monoisotopic (exact) mass is 480 g/mol. The number of urea groups is 1. The normalized spacial score (nSPS) is 17.3. The first-order valence-electron chi connectivity index (χ1n) is 11.4. The molecule has 0 radical (unpaired) electrons. The molecule has 3 aromatic rings. The van der Waals surface area contributed by atoms with Gasteiger partial charge < -0.3 is 15.0 Å². The third-order valence-electron chi connectivity index (χ3n) is 6.61. The maximum atomic E-state index is 13.7. The number of aromatic nitrogens is 1. The summed E-state index contributed by atoms with van der Waals surface area (Å²) in [5.41, 5.74) is 1.49. The van der Waals surface area contributed by atoms with Gasteiger partial charge in [-0.05, 0) is 80.0 Å². The van der Waals surface area contributed by atoms with Crippen LogP contribution in [0, 0.1) is 11.4 Å². The fourth-order valence-corrected chi connectivity index (χ4v) is 4.81. The van der Waals surface area contributed by atoms with E-state index in [2.05, 4.69) is 27.3 Å². The van der Waals surface area contributed by atoms with Crippen LogP contribution in [0.5, 0.6) is 11.5 Å². The highest BCUT2D eigenvalue weighted by atomic mass is 35.5. The zero-order valence-electron chi connectivity index (χ0n) is 18.7. The van der Waals surface area contributed by atoms with Gasteiger partial charge in [0.15, 0.2) is 0 Å². The van der Waals surface area contributed by atoms with Gasteiger partial charge in [-0.25, -0.2) is 9.78 Å². The maximum Gasteiger partial charge on any atom is 0.322 e. The largest absolute Gasteiger partial charge is 0.457 e. The summed E-state index contributed by atoms with van der Waals surface area (Å²) in [6.07, 6.45) is 3.44. The van der Waals surface area contributed by atoms with Crippen LogP contribution < -0.4 is 10.1 Å². The van der Waals surface area contributed by atoms with Crippen molar-refractivity contribution < 1.29 is 13.9 Å². The molecule has 2 aliphatic heterocycles. The van der Waals surface area contributed by atoms with Crippen molar-refractivity contribution in [2.24, 2.45) is 5.41 Å². The van der Waals surface area contributed by atoms with Crippen LogP contribution >= 0.6 is 11.6 Å². The second-order valence-electron chi connectivity index (χ2n) is 9.11. The van der Waals surface area contributed by atoms with E-state index in [-0.39, 0.29) is 17.1 Å². The van der Waals surface area contributed by atoms with Gasteiger partial charge in [0.1, 0.15) is 11.5 Å². The van der Waals surface area contributed by atoms with Gasteiger partial charge in [0, 0.05) is 36.3 Å². The number of nitrogens with zero attached hydrogens (tertiary/aromatic N) is 3. The molecule has 0 unspecified atom stereocenters. The first kappa shape index (κ1) is 22.6. The number of anilines is 1. The Balaban J connectivity index is 1.10. The van der Waals surface area contributed by atoms with Crippen molar-refractivity contribution >= 4 is 23.3 Å². The highest BCUT2D eigenvalue weighted by Gasteiger charge is 2.46. The fraction of sp³-hybridized carbons (Fsp3) is 0.308. The van der Waals surface area contributed by atoms with E-state index in [1.165, 1.54) is 17.8 Å². The summed E-state index contributed by atoms with van der Waals surface area (Å²) in [5, 5.41) is 3.30. The van der Waals surface area contributed by atoms with Crippen molar-refractivity contribution in [3.8, 4) is 11.5 Å². The number of amides is 2. The number of hydrogen-bond donors (Lipinski definition) is 1. The molecule has 34 heavy (non-hydrogen) atoms. The molecule has 0 saturated carbocycles. The maximum absolute atomic E-state index is 13.7. The third-order valence-corrected chi connectivity index (χ3v) is 6.86. The lowest BCUT2D eigenvalue weighted by atomic mass is 9.72. The van der Waals surface area contributed by atoms with Crippen molar-refractivity contribution in [3.63, 3.8) is 0 Å². The number of hydrogen-bond acceptors (Lipinski definition) is 4. The van der Waals surface area contributed by atoms with Gasteiger partial charge in [-0.2, -0.15) is 4.39 Å². The van der Waals surface area contributed by atoms with E-state index >= 15 is 0 Å². The Bertz CT molecular complexity index is 1160. The lowest BCUT2D eigenvalue weighted by Gasteiger charge is -2.53. The number of pyridine rings is 1. The standard InChI is InChI=1S/C26H26ClFN4O2/c27-20-6-8-21(9-7-20)34-22-4-1-3-19(15-22)16-31-13-10-26(11-14-31)17-32(18-26)25(33)30-23-5-2-12-29-24(23)28/h1-9,12,15H,10-11,13-14,16-18H2,(H,30,33). The Morgan fingerprint density at radius 3 is 2.56 bits per heavy atom. The summed E-state index contributed by atoms with van der Waals surface area (Å²) in [7, 11) is 0. The molecule has 2 aliphatic rings. The number of carbonyl (C=O) groups excluding carboxylic acids is 1. The number of likely N-dealkylation sites (tertiary alicyclic amines) is 2. The molecule has 5 rings (SSSR count). The minimum Gasteiger partial charge on any atom is -0.457 e. The average Bonchev–Trinajstić information content (AvgIpc) is 2.81. The molecule has 8 heteroatoms. The van der Waals surface area contributed by atoms with Crippen molar-refractivity contribution in [2.75, 3.05) is 31.5 Å². The summed E-state index contributed by atoms with van der Waals surface area (Å²) in [5.74, 6) is 0.896. The summed E-state index contributed by atoms with van der Waals surface area (Å²) in [6.45, 7) is 4.24. The number of ether oxygens (including phenoxy) is 1. The van der Waals surface area contributed by atoms with E-state index in [0.717, 1.165) is 44.0 Å². The molecule has 2 amide bonds. The fourth-order valence-electron chi connectivity index (χ4n) is 4.69. The van der Waals surface area contributed by atoms with E-state index in [1.54, 1.807) is 11.0 Å². The van der Waals surface area contributed by atoms with E-state index < -0.39 is 5.95 Å². The molecule has 3 heterocycles. The van der Waals surface area contributed by atoms with Crippen molar-refractivity contribution in [1.29, 1.82) is 0 Å². The molecule has 2 aromatic carbocycles. The quantitative estimate of drug-likeness (QED) is 0.469. The molecular formula is C26H26ClFN4O2. The molecule has 6 nitrogen and oxygen atoms in total. The number of carbonyl (C=O) groups is 1. The van der Waals surface area contributed by atoms with Crippen LogP contribution in [0.2, 0.25) is 5.02 Å².